The second-order valence-electron chi connectivity index (χ2n) is 3.93. The normalized spacial score (nSPS) is 11.0. The van der Waals surface area contributed by atoms with Crippen LogP contribution in [0.25, 0.3) is 17.0 Å². The predicted octanol–water partition coefficient (Wildman–Crippen LogP) is 2.62. The lowest BCUT2D eigenvalue weighted by molar-refractivity contribution is 0.852. The average Bonchev–Trinajstić information content (AvgIpc) is 2.83. The highest BCUT2D eigenvalue weighted by atomic mass is 79.9. The quantitative estimate of drug-likeness (QED) is 0.792. The number of rotatable bonds is 2. The van der Waals surface area contributed by atoms with Crippen molar-refractivity contribution < 1.29 is 0 Å². The van der Waals surface area contributed by atoms with E-state index < -0.39 is 0 Å². The largest absolute Gasteiger partial charge is 0.325 e. The van der Waals surface area contributed by atoms with Crippen LogP contribution in [-0.4, -0.2) is 14.6 Å². The summed E-state index contributed by atoms with van der Waals surface area (Å²) < 4.78 is 2.83. The van der Waals surface area contributed by atoms with Gasteiger partial charge in [-0.2, -0.15) is 0 Å². The van der Waals surface area contributed by atoms with Crippen LogP contribution < -0.4 is 5.73 Å². The maximum absolute atomic E-state index is 5.69. The molecule has 0 amide bonds. The minimum absolute atomic E-state index is 0.445. The molecule has 2 aromatic heterocycles. The van der Waals surface area contributed by atoms with Crippen molar-refractivity contribution in [2.24, 2.45) is 5.73 Å². The van der Waals surface area contributed by atoms with Gasteiger partial charge >= 0.3 is 0 Å². The first-order valence-corrected chi connectivity index (χ1v) is 6.38. The fourth-order valence-electron chi connectivity index (χ4n) is 1.84. The summed E-state index contributed by atoms with van der Waals surface area (Å²) in [5.41, 5.74) is 8.44. The van der Waals surface area contributed by atoms with Crippen molar-refractivity contribution in [3.05, 3.63) is 52.6 Å². The Balaban J connectivity index is 2.16. The Hall–Kier alpha value is -1.72. The van der Waals surface area contributed by atoms with Gasteiger partial charge in [0.25, 0.3) is 0 Å². The van der Waals surface area contributed by atoms with Gasteiger partial charge in [-0.25, -0.2) is 9.50 Å². The van der Waals surface area contributed by atoms with Crippen LogP contribution in [0.1, 0.15) is 5.69 Å². The molecule has 2 N–H and O–H groups in total. The highest BCUT2D eigenvalue weighted by molar-refractivity contribution is 9.10. The zero-order valence-electron chi connectivity index (χ0n) is 9.55. The van der Waals surface area contributed by atoms with E-state index in [2.05, 4.69) is 26.0 Å². The fraction of sp³-hybridized carbons (Fsp3) is 0.0769. The third-order valence-electron chi connectivity index (χ3n) is 2.75. The molecule has 0 aliphatic heterocycles. The van der Waals surface area contributed by atoms with Crippen LogP contribution in [0.2, 0.25) is 0 Å². The third-order valence-corrected chi connectivity index (χ3v) is 3.28. The standard InChI is InChI=1S/C13H11BrN4/c14-10-6-4-9(5-7-10)13-16-12-3-1-2-11(8-15)18(12)17-13/h1-7H,8,15H2. The van der Waals surface area contributed by atoms with E-state index in [9.17, 15) is 0 Å². The molecule has 3 rings (SSSR count). The molecule has 18 heavy (non-hydrogen) atoms. The van der Waals surface area contributed by atoms with Crippen LogP contribution in [0.4, 0.5) is 0 Å². The van der Waals surface area contributed by atoms with Gasteiger partial charge in [-0.15, -0.1) is 5.10 Å². The van der Waals surface area contributed by atoms with E-state index in [1.165, 1.54) is 0 Å². The number of nitrogens with zero attached hydrogens (tertiary/aromatic N) is 3. The lowest BCUT2D eigenvalue weighted by Crippen LogP contribution is -2.04. The first-order chi connectivity index (χ1) is 8.78. The van der Waals surface area contributed by atoms with Gasteiger partial charge in [0, 0.05) is 16.6 Å². The molecule has 3 aromatic rings. The lowest BCUT2D eigenvalue weighted by atomic mass is 10.2. The van der Waals surface area contributed by atoms with Crippen molar-refractivity contribution in [2.75, 3.05) is 0 Å². The SMILES string of the molecule is NCc1cccc2nc(-c3ccc(Br)cc3)nn12. The molecular formula is C13H11BrN4. The number of hydrogen-bond acceptors (Lipinski definition) is 3. The summed E-state index contributed by atoms with van der Waals surface area (Å²) in [7, 11) is 0. The molecule has 0 saturated heterocycles. The topological polar surface area (TPSA) is 56.2 Å². The van der Waals surface area contributed by atoms with Crippen LogP contribution in [0, 0.1) is 0 Å². The summed E-state index contributed by atoms with van der Waals surface area (Å²) in [6, 6.07) is 13.7. The van der Waals surface area contributed by atoms with Gasteiger partial charge in [0.15, 0.2) is 11.5 Å². The summed E-state index contributed by atoms with van der Waals surface area (Å²) in [4.78, 5) is 4.50. The summed E-state index contributed by atoms with van der Waals surface area (Å²) in [5, 5.41) is 4.49. The predicted molar refractivity (Wildman–Crippen MR) is 74.0 cm³/mol. The first-order valence-electron chi connectivity index (χ1n) is 5.58. The number of aromatic nitrogens is 3. The molecule has 1 aromatic carbocycles. The van der Waals surface area contributed by atoms with Crippen molar-refractivity contribution in [2.45, 2.75) is 6.54 Å². The molecule has 2 heterocycles. The van der Waals surface area contributed by atoms with Crippen molar-refractivity contribution in [1.82, 2.24) is 14.6 Å². The van der Waals surface area contributed by atoms with Crippen LogP contribution in [0.3, 0.4) is 0 Å². The molecule has 5 heteroatoms. The first kappa shape index (κ1) is 11.4. The highest BCUT2D eigenvalue weighted by Crippen LogP contribution is 2.19. The Labute approximate surface area is 113 Å². The smallest absolute Gasteiger partial charge is 0.182 e. The Morgan fingerprint density at radius 3 is 2.61 bits per heavy atom. The van der Waals surface area contributed by atoms with Gasteiger partial charge in [0.1, 0.15) is 0 Å². The Morgan fingerprint density at radius 1 is 1.11 bits per heavy atom. The second kappa shape index (κ2) is 4.51. The molecule has 0 unspecified atom stereocenters. The molecule has 0 radical (unpaired) electrons. The lowest BCUT2D eigenvalue weighted by Gasteiger charge is -1.98. The number of pyridine rings is 1. The Bertz CT molecular complexity index is 688. The van der Waals surface area contributed by atoms with E-state index in [1.807, 2.05) is 42.5 Å². The van der Waals surface area contributed by atoms with E-state index in [1.54, 1.807) is 4.52 Å². The number of halogens is 1. The zero-order valence-corrected chi connectivity index (χ0v) is 11.1. The molecular weight excluding hydrogens is 292 g/mol. The van der Waals surface area contributed by atoms with Crippen molar-refractivity contribution in [3.8, 4) is 11.4 Å². The average molecular weight is 303 g/mol. The number of benzene rings is 1. The van der Waals surface area contributed by atoms with Gasteiger partial charge in [0.2, 0.25) is 0 Å². The molecule has 90 valence electrons. The monoisotopic (exact) mass is 302 g/mol. The molecule has 0 spiro atoms. The maximum Gasteiger partial charge on any atom is 0.182 e. The minimum Gasteiger partial charge on any atom is -0.325 e. The van der Waals surface area contributed by atoms with Gasteiger partial charge in [0.05, 0.1) is 5.69 Å². The minimum atomic E-state index is 0.445. The molecule has 0 aliphatic rings. The van der Waals surface area contributed by atoms with Crippen molar-refractivity contribution >= 4 is 21.6 Å². The summed E-state index contributed by atoms with van der Waals surface area (Å²) in [6.45, 7) is 0.445. The maximum atomic E-state index is 5.69. The van der Waals surface area contributed by atoms with E-state index in [0.29, 0.717) is 12.4 Å². The third kappa shape index (κ3) is 1.91. The van der Waals surface area contributed by atoms with Crippen LogP contribution in [0.5, 0.6) is 0 Å². The van der Waals surface area contributed by atoms with Crippen molar-refractivity contribution in [1.29, 1.82) is 0 Å². The summed E-state index contributed by atoms with van der Waals surface area (Å²) >= 11 is 3.41. The van der Waals surface area contributed by atoms with Gasteiger partial charge in [-0.1, -0.05) is 34.1 Å². The molecule has 0 aliphatic carbocycles. The van der Waals surface area contributed by atoms with Crippen LogP contribution >= 0.6 is 15.9 Å². The van der Waals surface area contributed by atoms with Gasteiger partial charge in [-0.05, 0) is 24.3 Å². The van der Waals surface area contributed by atoms with Gasteiger partial charge in [-0.3, -0.25) is 0 Å². The molecule has 0 fully saturated rings. The molecule has 0 atom stereocenters. The van der Waals surface area contributed by atoms with Crippen molar-refractivity contribution in [3.63, 3.8) is 0 Å². The Morgan fingerprint density at radius 2 is 1.89 bits per heavy atom. The summed E-state index contributed by atoms with van der Waals surface area (Å²) in [5.74, 6) is 0.711. The van der Waals surface area contributed by atoms with E-state index in [-0.39, 0.29) is 0 Å². The number of hydrogen-bond donors (Lipinski definition) is 1. The molecule has 4 nitrogen and oxygen atoms in total. The number of nitrogens with two attached hydrogens (primary N) is 1. The van der Waals surface area contributed by atoms with E-state index in [4.69, 9.17) is 5.73 Å². The highest BCUT2D eigenvalue weighted by Gasteiger charge is 2.07. The fourth-order valence-corrected chi connectivity index (χ4v) is 2.10. The van der Waals surface area contributed by atoms with E-state index in [0.717, 1.165) is 21.4 Å². The summed E-state index contributed by atoms with van der Waals surface area (Å²) in [6.07, 6.45) is 0. The molecule has 0 bridgehead atoms. The molecule has 0 saturated carbocycles. The number of fused-ring (bicyclic) bond motifs is 1. The van der Waals surface area contributed by atoms with E-state index >= 15 is 0 Å². The second-order valence-corrected chi connectivity index (χ2v) is 4.85. The van der Waals surface area contributed by atoms with Crippen LogP contribution in [-0.2, 0) is 6.54 Å². The zero-order chi connectivity index (χ0) is 12.5. The van der Waals surface area contributed by atoms with Crippen LogP contribution in [0.15, 0.2) is 46.9 Å². The Kier molecular flexibility index (Phi) is 2.85. The van der Waals surface area contributed by atoms with Gasteiger partial charge < -0.3 is 5.73 Å².